The Bertz CT molecular complexity index is 819. The van der Waals surface area contributed by atoms with Gasteiger partial charge < -0.3 is 15.1 Å². The minimum Gasteiger partial charge on any atom is -0.477 e. The molecule has 6 nitrogen and oxygen atoms in total. The Morgan fingerprint density at radius 1 is 1.21 bits per heavy atom. The van der Waals surface area contributed by atoms with E-state index in [9.17, 15) is 19.8 Å². The summed E-state index contributed by atoms with van der Waals surface area (Å²) in [6.07, 6.45) is -0.762. The minimum atomic E-state index is -1.05. The molecule has 2 fully saturated rings. The van der Waals surface area contributed by atoms with E-state index >= 15 is 0 Å². The number of carbonyl (C=O) groups is 2. The van der Waals surface area contributed by atoms with Crippen molar-refractivity contribution in [3.8, 4) is 0 Å². The molecule has 0 aromatic heterocycles. The number of thioether (sulfide) groups is 1. The van der Waals surface area contributed by atoms with Crippen LogP contribution in [-0.4, -0.2) is 62.4 Å². The van der Waals surface area contributed by atoms with Crippen molar-refractivity contribution in [3.05, 3.63) is 46.5 Å². The van der Waals surface area contributed by atoms with Gasteiger partial charge in [-0.1, -0.05) is 37.3 Å². The molecule has 0 spiro atoms. The summed E-state index contributed by atoms with van der Waals surface area (Å²) in [5.41, 5.74) is 1.40. The van der Waals surface area contributed by atoms with Gasteiger partial charge in [-0.25, -0.2) is 4.79 Å². The summed E-state index contributed by atoms with van der Waals surface area (Å²) in [5, 5.41) is 20.0. The van der Waals surface area contributed by atoms with Crippen LogP contribution >= 0.6 is 11.8 Å². The van der Waals surface area contributed by atoms with Crippen molar-refractivity contribution in [2.75, 3.05) is 13.1 Å². The molecule has 150 valence electrons. The van der Waals surface area contributed by atoms with E-state index < -0.39 is 18.0 Å². The van der Waals surface area contributed by atoms with Crippen LogP contribution < -0.4 is 0 Å². The zero-order chi connectivity index (χ0) is 20.2. The fourth-order valence-electron chi connectivity index (χ4n) is 4.66. The van der Waals surface area contributed by atoms with Gasteiger partial charge in [0, 0.05) is 35.2 Å². The van der Waals surface area contributed by atoms with Crippen LogP contribution in [0.3, 0.4) is 0 Å². The van der Waals surface area contributed by atoms with Gasteiger partial charge in [0.25, 0.3) is 0 Å². The average molecular weight is 403 g/mol. The first-order valence-electron chi connectivity index (χ1n) is 9.75. The van der Waals surface area contributed by atoms with Crippen molar-refractivity contribution in [1.29, 1.82) is 0 Å². The number of amides is 1. The number of fused-ring (bicyclic) bond motifs is 1. The van der Waals surface area contributed by atoms with Gasteiger partial charge in [-0.2, -0.15) is 0 Å². The highest BCUT2D eigenvalue weighted by atomic mass is 32.2. The Balaban J connectivity index is 1.45. The first kappa shape index (κ1) is 19.5. The van der Waals surface area contributed by atoms with Crippen molar-refractivity contribution in [2.24, 2.45) is 11.8 Å². The summed E-state index contributed by atoms with van der Waals surface area (Å²) in [6.45, 7) is 7.55. The van der Waals surface area contributed by atoms with E-state index in [4.69, 9.17) is 0 Å². The lowest BCUT2D eigenvalue weighted by molar-refractivity contribution is -0.163. The van der Waals surface area contributed by atoms with Gasteiger partial charge in [-0.15, -0.1) is 11.8 Å². The molecule has 1 aromatic rings. The van der Waals surface area contributed by atoms with Gasteiger partial charge in [0.15, 0.2) is 0 Å². The number of carboxylic acid groups (broad SMARTS) is 1. The Morgan fingerprint density at radius 2 is 1.86 bits per heavy atom. The normalized spacial score (nSPS) is 29.9. The molecule has 7 heteroatoms. The molecule has 1 amide bonds. The fraction of sp³-hybridized carbons (Fsp3) is 0.524. The number of β-lactam (4-membered cyclic amide) rings is 1. The summed E-state index contributed by atoms with van der Waals surface area (Å²) in [7, 11) is 0. The van der Waals surface area contributed by atoms with Crippen molar-refractivity contribution >= 4 is 23.6 Å². The van der Waals surface area contributed by atoms with Gasteiger partial charge in [-0.05, 0) is 19.4 Å². The van der Waals surface area contributed by atoms with E-state index in [2.05, 4.69) is 24.0 Å². The molecule has 0 radical (unpaired) electrons. The van der Waals surface area contributed by atoms with Gasteiger partial charge >= 0.3 is 5.97 Å². The predicted molar refractivity (Wildman–Crippen MR) is 107 cm³/mol. The summed E-state index contributed by atoms with van der Waals surface area (Å²) in [6, 6.07) is 10.4. The highest BCUT2D eigenvalue weighted by Gasteiger charge is 2.60. The third-order valence-corrected chi connectivity index (χ3v) is 7.76. The standard InChI is InChI=1S/C21H26N2O4S/c1-11-17-16(13(3)24)20(25)23(17)18(21(26)27)19(11)28-15-9-22(10-15)12(2)14-7-5-4-6-8-14/h4-8,11-13,15-17,24H,9-10H2,1-3H3,(H,26,27)/t11-,12+,13-,16-,17-/m1/s1. The molecule has 4 rings (SSSR count). The molecule has 5 atom stereocenters. The van der Waals surface area contributed by atoms with Crippen molar-refractivity contribution < 1.29 is 19.8 Å². The second-order valence-electron chi connectivity index (χ2n) is 8.05. The zero-order valence-electron chi connectivity index (χ0n) is 16.3. The quantitative estimate of drug-likeness (QED) is 0.711. The van der Waals surface area contributed by atoms with E-state index in [-0.39, 0.29) is 23.6 Å². The lowest BCUT2D eigenvalue weighted by Crippen LogP contribution is -2.63. The van der Waals surface area contributed by atoms with Crippen molar-refractivity contribution in [1.82, 2.24) is 9.80 Å². The minimum absolute atomic E-state index is 0.0611. The number of aliphatic carboxylic acids is 1. The smallest absolute Gasteiger partial charge is 0.353 e. The molecule has 2 N–H and O–H groups in total. The van der Waals surface area contributed by atoms with Crippen LogP contribution in [0.15, 0.2) is 40.9 Å². The number of hydrogen-bond donors (Lipinski definition) is 2. The maximum Gasteiger partial charge on any atom is 0.353 e. The Kier molecular flexibility index (Phi) is 5.02. The van der Waals surface area contributed by atoms with E-state index in [0.717, 1.165) is 18.0 Å². The Labute approximate surface area is 169 Å². The third kappa shape index (κ3) is 2.96. The third-order valence-electron chi connectivity index (χ3n) is 6.31. The van der Waals surface area contributed by atoms with Crippen LogP contribution in [0.5, 0.6) is 0 Å². The van der Waals surface area contributed by atoms with Gasteiger partial charge in [-0.3, -0.25) is 9.69 Å². The van der Waals surface area contributed by atoms with E-state index in [1.165, 1.54) is 10.5 Å². The number of rotatable bonds is 6. The Morgan fingerprint density at radius 3 is 2.43 bits per heavy atom. The van der Waals surface area contributed by atoms with Crippen LogP contribution in [0.1, 0.15) is 32.4 Å². The van der Waals surface area contributed by atoms with Gasteiger partial charge in [0.05, 0.1) is 18.1 Å². The SMILES string of the molecule is C[C@@H](O)[C@H]1C(=O)N2C(C(=O)O)=C(SC3CN([C@@H](C)c4ccccc4)C3)[C@H](C)[C@H]12. The first-order chi connectivity index (χ1) is 13.3. The molecular weight excluding hydrogens is 376 g/mol. The second-order valence-corrected chi connectivity index (χ2v) is 9.39. The summed E-state index contributed by atoms with van der Waals surface area (Å²) in [4.78, 5) is 28.8. The van der Waals surface area contributed by atoms with E-state index in [0.29, 0.717) is 11.3 Å². The lowest BCUT2D eigenvalue weighted by Gasteiger charge is -2.46. The number of likely N-dealkylation sites (tertiary alicyclic amines) is 1. The first-order valence-corrected chi connectivity index (χ1v) is 10.6. The molecule has 1 aromatic carbocycles. The average Bonchev–Trinajstić information content (AvgIpc) is 2.86. The highest BCUT2D eigenvalue weighted by molar-refractivity contribution is 8.03. The van der Waals surface area contributed by atoms with E-state index in [1.807, 2.05) is 25.1 Å². The molecule has 0 unspecified atom stereocenters. The number of carbonyl (C=O) groups excluding carboxylic acids is 1. The number of aliphatic hydroxyl groups excluding tert-OH is 1. The number of hydrogen-bond acceptors (Lipinski definition) is 5. The lowest BCUT2D eigenvalue weighted by atomic mass is 9.79. The Hall–Kier alpha value is -1.83. The molecule has 0 aliphatic carbocycles. The van der Waals surface area contributed by atoms with Crippen LogP contribution in [0.25, 0.3) is 0 Å². The van der Waals surface area contributed by atoms with Crippen LogP contribution in [0, 0.1) is 11.8 Å². The summed E-state index contributed by atoms with van der Waals surface area (Å²) >= 11 is 1.60. The zero-order valence-corrected chi connectivity index (χ0v) is 17.1. The summed E-state index contributed by atoms with van der Waals surface area (Å²) in [5.74, 6) is -1.89. The van der Waals surface area contributed by atoms with Crippen molar-refractivity contribution in [2.45, 2.75) is 44.2 Å². The monoisotopic (exact) mass is 402 g/mol. The maximum absolute atomic E-state index is 12.4. The number of aliphatic hydroxyl groups is 1. The predicted octanol–water partition coefficient (Wildman–Crippen LogP) is 2.32. The molecule has 2 saturated heterocycles. The number of nitrogens with zero attached hydrogens (tertiary/aromatic N) is 2. The highest BCUT2D eigenvalue weighted by Crippen LogP contribution is 2.52. The largest absolute Gasteiger partial charge is 0.477 e. The van der Waals surface area contributed by atoms with Gasteiger partial charge in [0.2, 0.25) is 5.91 Å². The molecular formula is C21H26N2O4S. The maximum atomic E-state index is 12.4. The van der Waals surface area contributed by atoms with Gasteiger partial charge in [0.1, 0.15) is 5.70 Å². The van der Waals surface area contributed by atoms with Crippen LogP contribution in [0.4, 0.5) is 0 Å². The molecule has 0 bridgehead atoms. The van der Waals surface area contributed by atoms with E-state index in [1.54, 1.807) is 18.7 Å². The summed E-state index contributed by atoms with van der Waals surface area (Å²) < 4.78 is 0. The molecule has 3 aliphatic heterocycles. The van der Waals surface area contributed by atoms with Crippen LogP contribution in [0.2, 0.25) is 0 Å². The molecule has 0 saturated carbocycles. The molecule has 28 heavy (non-hydrogen) atoms. The molecule has 3 aliphatic rings. The second kappa shape index (κ2) is 7.21. The number of benzene rings is 1. The van der Waals surface area contributed by atoms with Crippen molar-refractivity contribution in [3.63, 3.8) is 0 Å². The molecule has 3 heterocycles. The topological polar surface area (TPSA) is 81.1 Å². The number of carboxylic acids is 1. The fourth-order valence-corrected chi connectivity index (χ4v) is 6.20. The van der Waals surface area contributed by atoms with Crippen LogP contribution in [-0.2, 0) is 9.59 Å².